The van der Waals surface area contributed by atoms with Crippen LogP contribution in [0, 0.1) is 20.8 Å². The third-order valence-corrected chi connectivity index (χ3v) is 10.3. The van der Waals surface area contributed by atoms with Gasteiger partial charge in [-0.1, -0.05) is 76.2 Å². The molecule has 0 spiro atoms. The second kappa shape index (κ2) is 13.0. The molecule has 8 aromatic rings. The molecule has 54 heavy (non-hydrogen) atoms. The van der Waals surface area contributed by atoms with Crippen LogP contribution in [-0.4, -0.2) is 27.0 Å². The maximum absolute atomic E-state index is 14.4. The predicted molar refractivity (Wildman–Crippen MR) is 212 cm³/mol. The summed E-state index contributed by atoms with van der Waals surface area (Å²) in [6.07, 6.45) is 0.786. The molecule has 0 fully saturated rings. The Labute approximate surface area is 312 Å². The smallest absolute Gasteiger partial charge is 0.339 e. The van der Waals surface area contributed by atoms with Gasteiger partial charge >= 0.3 is 11.9 Å². The zero-order valence-corrected chi connectivity index (χ0v) is 31.4. The van der Waals surface area contributed by atoms with Gasteiger partial charge in [0.15, 0.2) is 11.5 Å². The van der Waals surface area contributed by atoms with Crippen LogP contribution in [-0.2, 0) is 23.2 Å². The highest BCUT2D eigenvalue weighted by Crippen LogP contribution is 2.39. The predicted octanol–water partition coefficient (Wildman–Crippen LogP) is 11.4. The van der Waals surface area contributed by atoms with Gasteiger partial charge in [0, 0.05) is 32.7 Å². The Kier molecular flexibility index (Phi) is 8.37. The first-order valence-electron chi connectivity index (χ1n) is 18.1. The largest absolute Gasteiger partial charge is 0.478 e. The lowest BCUT2D eigenvalue weighted by molar-refractivity contribution is 0.0476. The summed E-state index contributed by atoms with van der Waals surface area (Å²) in [6, 6.07) is 26.7. The Bertz CT molecular complexity index is 2830. The van der Waals surface area contributed by atoms with Gasteiger partial charge in [0.2, 0.25) is 0 Å². The van der Waals surface area contributed by atoms with Crippen molar-refractivity contribution in [2.45, 2.75) is 66.9 Å². The van der Waals surface area contributed by atoms with Crippen LogP contribution < -0.4 is 0 Å². The number of fused-ring (bicyclic) bond motifs is 4. The number of rotatable bonds is 7. The van der Waals surface area contributed by atoms with Gasteiger partial charge in [-0.3, -0.25) is 0 Å². The van der Waals surface area contributed by atoms with Crippen molar-refractivity contribution in [2.24, 2.45) is 0 Å². The van der Waals surface area contributed by atoms with Crippen molar-refractivity contribution in [1.29, 1.82) is 0 Å². The summed E-state index contributed by atoms with van der Waals surface area (Å²) in [7, 11) is 0. The van der Waals surface area contributed by atoms with Crippen molar-refractivity contribution in [3.8, 4) is 22.9 Å². The molecule has 1 N–H and O–H groups in total. The summed E-state index contributed by atoms with van der Waals surface area (Å²) in [4.78, 5) is 37.1. The van der Waals surface area contributed by atoms with Crippen molar-refractivity contribution in [3.63, 3.8) is 0 Å². The van der Waals surface area contributed by atoms with Gasteiger partial charge < -0.3 is 18.7 Å². The number of nitrogens with zero attached hydrogens (tertiary/aromatic N) is 2. The summed E-state index contributed by atoms with van der Waals surface area (Å²) in [5.41, 5.74) is 9.16. The molecule has 0 bridgehead atoms. The van der Waals surface area contributed by atoms with E-state index in [0.29, 0.717) is 61.4 Å². The molecule has 0 amide bonds. The van der Waals surface area contributed by atoms with Crippen molar-refractivity contribution >= 4 is 55.7 Å². The molecule has 8 heteroatoms. The van der Waals surface area contributed by atoms with E-state index in [-0.39, 0.29) is 17.6 Å². The fraction of sp³-hybridized carbons (Fsp3) is 0.217. The molecular weight excluding hydrogens is 677 g/mol. The Morgan fingerprint density at radius 1 is 0.704 bits per heavy atom. The summed E-state index contributed by atoms with van der Waals surface area (Å²) in [5, 5.41) is 13.4. The first-order valence-corrected chi connectivity index (χ1v) is 18.1. The number of hydrogen-bond donors (Lipinski definition) is 1. The highest BCUT2D eigenvalue weighted by Gasteiger charge is 2.26. The molecule has 0 atom stereocenters. The molecule has 4 aromatic carbocycles. The fourth-order valence-corrected chi connectivity index (χ4v) is 7.37. The average molecular weight is 717 g/mol. The van der Waals surface area contributed by atoms with E-state index in [4.69, 9.17) is 23.5 Å². The molecule has 0 radical (unpaired) electrons. The number of carboxylic acid groups (broad SMARTS) is 1. The maximum Gasteiger partial charge on any atom is 0.339 e. The number of ether oxygens (including phenoxy) is 1. The van der Waals surface area contributed by atoms with Crippen molar-refractivity contribution < 1.29 is 28.3 Å². The standard InChI is InChI=1S/C46H40N2O6/c1-8-27-17-24(2)40-31(19-27)34(22-36(47-40)42-26(4)29-13-9-11-15-38(29)53-42)45(51)52-23-35-30-14-10-12-16-39(30)54-43(35)37-21-33(44(49)50)32-20-28(46(5,6)7)18-25(3)41(32)48-37/h9-22H,8,23H2,1-7H3,(H,49,50). The summed E-state index contributed by atoms with van der Waals surface area (Å²) < 4.78 is 18.9. The number of aromatic nitrogens is 2. The van der Waals surface area contributed by atoms with E-state index in [1.54, 1.807) is 12.1 Å². The van der Waals surface area contributed by atoms with E-state index in [9.17, 15) is 14.7 Å². The van der Waals surface area contributed by atoms with Gasteiger partial charge in [-0.25, -0.2) is 19.6 Å². The number of carbonyl (C=O) groups is 2. The van der Waals surface area contributed by atoms with Crippen LogP contribution in [0.3, 0.4) is 0 Å². The molecule has 8 rings (SSSR count). The van der Waals surface area contributed by atoms with Crippen LogP contribution in [0.5, 0.6) is 0 Å². The molecule has 0 saturated carbocycles. The van der Waals surface area contributed by atoms with Gasteiger partial charge in [-0.15, -0.1) is 0 Å². The van der Waals surface area contributed by atoms with Crippen LogP contribution in [0.4, 0.5) is 0 Å². The monoisotopic (exact) mass is 716 g/mol. The van der Waals surface area contributed by atoms with E-state index in [1.807, 2.05) is 81.4 Å². The Morgan fingerprint density at radius 3 is 1.93 bits per heavy atom. The summed E-state index contributed by atoms with van der Waals surface area (Å²) in [6.45, 7) is 14.1. The molecule has 4 aromatic heterocycles. The first kappa shape index (κ1) is 34.8. The number of para-hydroxylation sites is 2. The number of benzene rings is 4. The second-order valence-electron chi connectivity index (χ2n) is 15.1. The molecular formula is C46H40N2O6. The molecule has 0 unspecified atom stereocenters. The molecule has 4 heterocycles. The molecule has 0 saturated heterocycles. The number of hydrogen-bond acceptors (Lipinski definition) is 7. The van der Waals surface area contributed by atoms with Crippen LogP contribution in [0.25, 0.3) is 66.7 Å². The number of carbonyl (C=O) groups excluding carboxylic acids is 1. The lowest BCUT2D eigenvalue weighted by atomic mass is 9.84. The topological polar surface area (TPSA) is 116 Å². The number of aromatic carboxylic acids is 1. The normalized spacial score (nSPS) is 12.0. The Morgan fingerprint density at radius 2 is 1.28 bits per heavy atom. The van der Waals surface area contributed by atoms with E-state index < -0.39 is 11.9 Å². The molecule has 0 aliphatic carbocycles. The molecule has 270 valence electrons. The minimum absolute atomic E-state index is 0.117. The maximum atomic E-state index is 14.4. The number of aryl methyl sites for hydroxylation is 4. The lowest BCUT2D eigenvalue weighted by Gasteiger charge is -2.21. The van der Waals surface area contributed by atoms with E-state index in [0.717, 1.165) is 50.6 Å². The molecule has 8 nitrogen and oxygen atoms in total. The zero-order valence-electron chi connectivity index (χ0n) is 31.4. The van der Waals surface area contributed by atoms with E-state index >= 15 is 0 Å². The molecule has 0 aliphatic rings. The van der Waals surface area contributed by atoms with E-state index in [1.165, 1.54) is 0 Å². The van der Waals surface area contributed by atoms with Gasteiger partial charge in [0.25, 0.3) is 0 Å². The van der Waals surface area contributed by atoms with Crippen LogP contribution in [0.15, 0.2) is 93.8 Å². The number of pyridine rings is 2. The highest BCUT2D eigenvalue weighted by atomic mass is 16.5. The minimum Gasteiger partial charge on any atom is -0.478 e. The van der Waals surface area contributed by atoms with Gasteiger partial charge in [0.1, 0.15) is 29.2 Å². The number of esters is 1. The third-order valence-electron chi connectivity index (χ3n) is 10.3. The SMILES string of the molecule is CCc1cc(C)c2nc(-c3oc4ccccc4c3C)cc(C(=O)OCc3c(-c4cc(C(=O)O)c5cc(C(C)(C)C)cc(C)c5n4)oc4ccccc34)c2c1. The van der Waals surface area contributed by atoms with Gasteiger partial charge in [-0.2, -0.15) is 0 Å². The van der Waals surface area contributed by atoms with Crippen molar-refractivity contribution in [2.75, 3.05) is 0 Å². The highest BCUT2D eigenvalue weighted by molar-refractivity contribution is 6.07. The quantitative estimate of drug-likeness (QED) is 0.162. The third kappa shape index (κ3) is 5.88. The van der Waals surface area contributed by atoms with Crippen molar-refractivity contribution in [1.82, 2.24) is 9.97 Å². The van der Waals surface area contributed by atoms with Gasteiger partial charge in [-0.05, 0) is 91.3 Å². The zero-order chi connectivity index (χ0) is 38.1. The van der Waals surface area contributed by atoms with Crippen LogP contribution >= 0.6 is 0 Å². The Balaban J connectivity index is 1.25. The lowest BCUT2D eigenvalue weighted by Crippen LogP contribution is -2.12. The van der Waals surface area contributed by atoms with Crippen molar-refractivity contribution in [3.05, 3.63) is 129 Å². The first-order chi connectivity index (χ1) is 25.8. The van der Waals surface area contributed by atoms with Crippen LogP contribution in [0.2, 0.25) is 0 Å². The van der Waals surface area contributed by atoms with E-state index in [2.05, 4.69) is 39.8 Å². The number of carboxylic acids is 1. The minimum atomic E-state index is -1.07. The number of furan rings is 2. The second-order valence-corrected chi connectivity index (χ2v) is 15.1. The van der Waals surface area contributed by atoms with Gasteiger partial charge in [0.05, 0.1) is 22.2 Å². The fourth-order valence-electron chi connectivity index (χ4n) is 7.37. The average Bonchev–Trinajstić information content (AvgIpc) is 3.70. The summed E-state index contributed by atoms with van der Waals surface area (Å²) >= 11 is 0. The summed E-state index contributed by atoms with van der Waals surface area (Å²) in [5.74, 6) is -0.671. The molecule has 0 aliphatic heterocycles. The Hall–Kier alpha value is -6.28. The van der Waals surface area contributed by atoms with Crippen LogP contribution in [0.1, 0.15) is 81.8 Å².